The maximum absolute atomic E-state index is 13.9. The number of ether oxygens (including phenoxy) is 1. The van der Waals surface area contributed by atoms with Crippen molar-refractivity contribution in [1.29, 1.82) is 0 Å². The van der Waals surface area contributed by atoms with Gasteiger partial charge in [0.1, 0.15) is 12.6 Å². The fourth-order valence-electron chi connectivity index (χ4n) is 8.33. The molecule has 3 aliphatic rings. The van der Waals surface area contributed by atoms with Gasteiger partial charge in [-0.2, -0.15) is 0 Å². The van der Waals surface area contributed by atoms with Gasteiger partial charge in [-0.1, -0.05) is 117 Å². The monoisotopic (exact) mass is 592 g/mol. The molecule has 6 rings (SSSR count). The van der Waals surface area contributed by atoms with Gasteiger partial charge < -0.3 is 9.64 Å². The highest BCUT2D eigenvalue weighted by Crippen LogP contribution is 2.39. The van der Waals surface area contributed by atoms with Gasteiger partial charge in [-0.05, 0) is 86.1 Å². The normalized spacial score (nSPS) is 23.0. The van der Waals surface area contributed by atoms with Crippen molar-refractivity contribution >= 4 is 5.97 Å². The Morgan fingerprint density at radius 2 is 1.39 bits per heavy atom. The van der Waals surface area contributed by atoms with Gasteiger partial charge >= 0.3 is 5.97 Å². The number of benzene rings is 3. The summed E-state index contributed by atoms with van der Waals surface area (Å²) in [6.45, 7) is 5.84. The number of carbonyl (C=O) groups is 1. The maximum Gasteiger partial charge on any atom is 0.323 e. The van der Waals surface area contributed by atoms with Crippen molar-refractivity contribution in [2.24, 2.45) is 17.8 Å². The summed E-state index contributed by atoms with van der Waals surface area (Å²) < 4.78 is 6.06. The summed E-state index contributed by atoms with van der Waals surface area (Å²) in [5, 5.41) is 0. The molecule has 44 heavy (non-hydrogen) atoms. The molecule has 0 spiro atoms. The number of hydrogen-bond donors (Lipinski definition) is 0. The van der Waals surface area contributed by atoms with Crippen molar-refractivity contribution in [3.63, 3.8) is 0 Å². The summed E-state index contributed by atoms with van der Waals surface area (Å²) in [5.41, 5.74) is 3.96. The second kappa shape index (κ2) is 15.9. The quantitative estimate of drug-likeness (QED) is 0.199. The molecule has 4 heteroatoms. The number of rotatable bonds is 12. The zero-order valence-corrected chi connectivity index (χ0v) is 26.6. The molecule has 1 saturated carbocycles. The van der Waals surface area contributed by atoms with E-state index >= 15 is 0 Å². The van der Waals surface area contributed by atoms with Gasteiger partial charge in [0.2, 0.25) is 0 Å². The van der Waals surface area contributed by atoms with E-state index in [9.17, 15) is 4.79 Å². The number of carbonyl (C=O) groups excluding carboxylic acids is 1. The first-order chi connectivity index (χ1) is 21.7. The average Bonchev–Trinajstić information content (AvgIpc) is 3.49. The van der Waals surface area contributed by atoms with E-state index in [4.69, 9.17) is 4.74 Å². The summed E-state index contributed by atoms with van der Waals surface area (Å²) in [6, 6.07) is 32.1. The number of aryl methyl sites for hydroxylation is 1. The second-order valence-electron chi connectivity index (χ2n) is 13.8. The van der Waals surface area contributed by atoms with E-state index in [1.807, 2.05) is 30.3 Å². The van der Waals surface area contributed by atoms with Crippen molar-refractivity contribution in [3.8, 4) is 0 Å². The molecular weight excluding hydrogens is 540 g/mol. The predicted molar refractivity (Wildman–Crippen MR) is 179 cm³/mol. The van der Waals surface area contributed by atoms with E-state index in [2.05, 4.69) is 70.5 Å². The van der Waals surface area contributed by atoms with Crippen LogP contribution in [0.1, 0.15) is 80.4 Å². The first-order valence-electron chi connectivity index (χ1n) is 17.5. The average molecular weight is 593 g/mol. The Labute approximate surface area is 265 Å². The Bertz CT molecular complexity index is 1250. The highest BCUT2D eigenvalue weighted by Gasteiger charge is 2.44. The van der Waals surface area contributed by atoms with Gasteiger partial charge in [0, 0.05) is 25.6 Å². The van der Waals surface area contributed by atoms with Crippen molar-refractivity contribution in [2.45, 2.75) is 82.8 Å². The van der Waals surface area contributed by atoms with Crippen LogP contribution in [0.2, 0.25) is 0 Å². The van der Waals surface area contributed by atoms with Crippen LogP contribution in [0.25, 0.3) is 0 Å². The lowest BCUT2D eigenvalue weighted by atomic mass is 9.83. The Kier molecular flexibility index (Phi) is 11.2. The van der Waals surface area contributed by atoms with Crippen LogP contribution < -0.4 is 0 Å². The lowest BCUT2D eigenvalue weighted by Gasteiger charge is -2.36. The van der Waals surface area contributed by atoms with Crippen LogP contribution >= 0.6 is 0 Å². The smallest absolute Gasteiger partial charge is 0.323 e. The number of piperidine rings is 1. The summed E-state index contributed by atoms with van der Waals surface area (Å²) in [4.78, 5) is 19.2. The Balaban J connectivity index is 1.09. The standard InChI is InChI=1S/C40H52N2O2/c43-40(44-31-34-16-7-2-8-17-34)39(36-22-11-4-12-23-36)42-29-37(38(30-42)35-20-9-3-10-21-35)28-41-26-24-33(25-27-41)19-13-18-32-14-5-1-6-15-32/h1-3,5-10,14-17,20-21,33,36-39H,4,11-13,18-19,22-31H2/t37-,38+,39+/m0/s1. The molecular formula is C40H52N2O2. The van der Waals surface area contributed by atoms with Crippen LogP contribution in [0, 0.1) is 17.8 Å². The summed E-state index contributed by atoms with van der Waals surface area (Å²) in [6.07, 6.45) is 12.5. The van der Waals surface area contributed by atoms with E-state index in [0.717, 1.165) is 44.0 Å². The van der Waals surface area contributed by atoms with E-state index in [1.165, 1.54) is 75.6 Å². The topological polar surface area (TPSA) is 32.8 Å². The Morgan fingerprint density at radius 3 is 2.07 bits per heavy atom. The molecule has 2 saturated heterocycles. The van der Waals surface area contributed by atoms with Crippen molar-refractivity contribution in [1.82, 2.24) is 9.80 Å². The molecule has 1 aliphatic carbocycles. The maximum atomic E-state index is 13.9. The molecule has 2 heterocycles. The molecule has 0 unspecified atom stereocenters. The fraction of sp³-hybridized carbons (Fsp3) is 0.525. The van der Waals surface area contributed by atoms with Crippen LogP contribution in [0.15, 0.2) is 91.0 Å². The van der Waals surface area contributed by atoms with Gasteiger partial charge in [0.15, 0.2) is 0 Å². The zero-order chi connectivity index (χ0) is 30.0. The minimum absolute atomic E-state index is 0.00969. The fourth-order valence-corrected chi connectivity index (χ4v) is 8.33. The number of hydrogen-bond acceptors (Lipinski definition) is 4. The Morgan fingerprint density at radius 1 is 0.750 bits per heavy atom. The molecule has 0 radical (unpaired) electrons. The molecule has 4 nitrogen and oxygen atoms in total. The largest absolute Gasteiger partial charge is 0.460 e. The van der Waals surface area contributed by atoms with Gasteiger partial charge in [0.25, 0.3) is 0 Å². The highest BCUT2D eigenvalue weighted by molar-refractivity contribution is 5.76. The van der Waals surface area contributed by atoms with Gasteiger partial charge in [-0.3, -0.25) is 9.69 Å². The minimum Gasteiger partial charge on any atom is -0.460 e. The third-order valence-corrected chi connectivity index (χ3v) is 10.8. The first kappa shape index (κ1) is 31.0. The summed E-state index contributed by atoms with van der Waals surface area (Å²) >= 11 is 0. The molecule has 3 fully saturated rings. The van der Waals surface area contributed by atoms with Gasteiger partial charge in [-0.15, -0.1) is 0 Å². The summed E-state index contributed by atoms with van der Waals surface area (Å²) in [7, 11) is 0. The van der Waals surface area contributed by atoms with Crippen LogP contribution in [-0.2, 0) is 22.6 Å². The number of esters is 1. The molecule has 234 valence electrons. The van der Waals surface area contributed by atoms with E-state index < -0.39 is 0 Å². The SMILES string of the molecule is O=C(OCc1ccccc1)[C@@H](C1CCCCC1)N1C[C@H](CN2CCC(CCCc3ccccc3)CC2)[C@@H](c2ccccc2)C1. The third-order valence-electron chi connectivity index (χ3n) is 10.8. The second-order valence-corrected chi connectivity index (χ2v) is 13.8. The van der Waals surface area contributed by atoms with Gasteiger partial charge in [0.05, 0.1) is 0 Å². The summed E-state index contributed by atoms with van der Waals surface area (Å²) in [5.74, 6) is 2.22. The lowest BCUT2D eigenvalue weighted by Crippen LogP contribution is -2.47. The minimum atomic E-state index is -0.134. The molecule has 0 aromatic heterocycles. The van der Waals surface area contributed by atoms with Crippen molar-refractivity contribution < 1.29 is 9.53 Å². The van der Waals surface area contributed by atoms with Crippen molar-refractivity contribution in [2.75, 3.05) is 32.7 Å². The molecule has 2 aliphatic heterocycles. The van der Waals surface area contributed by atoms with Crippen LogP contribution in [-0.4, -0.2) is 54.5 Å². The molecule has 0 amide bonds. The van der Waals surface area contributed by atoms with E-state index in [-0.39, 0.29) is 12.0 Å². The molecule has 0 bridgehead atoms. The van der Waals surface area contributed by atoms with Gasteiger partial charge in [-0.25, -0.2) is 0 Å². The molecule has 3 aromatic rings. The molecule has 3 atom stereocenters. The lowest BCUT2D eigenvalue weighted by molar-refractivity contribution is -0.154. The number of nitrogens with zero attached hydrogens (tertiary/aromatic N) is 2. The molecule has 3 aromatic carbocycles. The third kappa shape index (κ3) is 8.40. The Hall–Kier alpha value is -2.95. The van der Waals surface area contributed by atoms with E-state index in [0.29, 0.717) is 24.4 Å². The predicted octanol–water partition coefficient (Wildman–Crippen LogP) is 8.13. The van der Waals surface area contributed by atoms with Crippen LogP contribution in [0.3, 0.4) is 0 Å². The van der Waals surface area contributed by atoms with Crippen molar-refractivity contribution in [3.05, 3.63) is 108 Å². The van der Waals surface area contributed by atoms with E-state index in [1.54, 1.807) is 0 Å². The molecule has 0 N–H and O–H groups in total. The van der Waals surface area contributed by atoms with Crippen LogP contribution in [0.4, 0.5) is 0 Å². The zero-order valence-electron chi connectivity index (χ0n) is 26.6. The number of likely N-dealkylation sites (tertiary alicyclic amines) is 2. The van der Waals surface area contributed by atoms with Crippen LogP contribution in [0.5, 0.6) is 0 Å². The first-order valence-corrected chi connectivity index (χ1v) is 17.5. The highest BCUT2D eigenvalue weighted by atomic mass is 16.5.